The minimum Gasteiger partial charge on any atom is -0.339 e. The number of hydrogen-bond donors (Lipinski definition) is 0. The SMILES string of the molecule is CC(=O)CCc1nc(C(C)S(C)(=O)=O)no1. The van der Waals surface area contributed by atoms with Crippen LogP contribution in [0.1, 0.15) is 37.2 Å². The van der Waals surface area contributed by atoms with E-state index in [9.17, 15) is 13.2 Å². The summed E-state index contributed by atoms with van der Waals surface area (Å²) in [5.41, 5.74) is 0. The molecule has 0 aliphatic rings. The molecule has 0 fully saturated rings. The lowest BCUT2D eigenvalue weighted by Crippen LogP contribution is -2.09. The number of aromatic nitrogens is 2. The van der Waals surface area contributed by atoms with Gasteiger partial charge in [-0.05, 0) is 13.8 Å². The van der Waals surface area contributed by atoms with Gasteiger partial charge in [-0.15, -0.1) is 0 Å². The molecule has 0 aliphatic carbocycles. The van der Waals surface area contributed by atoms with Crippen molar-refractivity contribution in [2.45, 2.75) is 31.9 Å². The molecule has 0 aromatic carbocycles. The summed E-state index contributed by atoms with van der Waals surface area (Å²) in [6, 6.07) is 0. The van der Waals surface area contributed by atoms with E-state index in [-0.39, 0.29) is 11.6 Å². The molecule has 0 aliphatic heterocycles. The van der Waals surface area contributed by atoms with Crippen LogP contribution >= 0.6 is 0 Å². The zero-order valence-corrected chi connectivity index (χ0v) is 10.2. The number of sulfone groups is 1. The van der Waals surface area contributed by atoms with Gasteiger partial charge in [0.05, 0.1) is 0 Å². The molecule has 1 aromatic heterocycles. The molecule has 1 aromatic rings. The third kappa shape index (κ3) is 3.41. The lowest BCUT2D eigenvalue weighted by molar-refractivity contribution is -0.117. The molecule has 0 radical (unpaired) electrons. The normalized spacial score (nSPS) is 13.7. The molecular formula is C9H14N2O4S. The van der Waals surface area contributed by atoms with Gasteiger partial charge < -0.3 is 9.32 Å². The summed E-state index contributed by atoms with van der Waals surface area (Å²) >= 11 is 0. The molecule has 0 saturated carbocycles. The van der Waals surface area contributed by atoms with Gasteiger partial charge in [-0.2, -0.15) is 4.98 Å². The fourth-order valence-electron chi connectivity index (χ4n) is 1.01. The maximum absolute atomic E-state index is 11.2. The van der Waals surface area contributed by atoms with Crippen molar-refractivity contribution in [3.8, 4) is 0 Å². The van der Waals surface area contributed by atoms with Crippen LogP contribution in [0.2, 0.25) is 0 Å². The molecule has 7 heteroatoms. The molecule has 0 N–H and O–H groups in total. The molecule has 1 rings (SSSR count). The molecule has 6 nitrogen and oxygen atoms in total. The van der Waals surface area contributed by atoms with Gasteiger partial charge in [-0.25, -0.2) is 8.42 Å². The Balaban J connectivity index is 2.75. The highest BCUT2D eigenvalue weighted by Crippen LogP contribution is 2.17. The topological polar surface area (TPSA) is 90.1 Å². The fraction of sp³-hybridized carbons (Fsp3) is 0.667. The number of ketones is 1. The second-order valence-electron chi connectivity index (χ2n) is 3.72. The van der Waals surface area contributed by atoms with Crippen LogP contribution in [-0.4, -0.2) is 30.6 Å². The maximum atomic E-state index is 11.2. The van der Waals surface area contributed by atoms with Crippen LogP contribution in [0.25, 0.3) is 0 Å². The third-order valence-electron chi connectivity index (χ3n) is 2.18. The molecule has 1 unspecified atom stereocenters. The molecule has 1 heterocycles. The van der Waals surface area contributed by atoms with Gasteiger partial charge >= 0.3 is 0 Å². The van der Waals surface area contributed by atoms with E-state index in [1.807, 2.05) is 0 Å². The van der Waals surface area contributed by atoms with Crippen molar-refractivity contribution >= 4 is 15.6 Å². The zero-order chi connectivity index (χ0) is 12.3. The van der Waals surface area contributed by atoms with E-state index in [0.717, 1.165) is 6.26 Å². The van der Waals surface area contributed by atoms with Crippen molar-refractivity contribution in [1.29, 1.82) is 0 Å². The second kappa shape index (κ2) is 4.73. The van der Waals surface area contributed by atoms with Gasteiger partial charge in [0.1, 0.15) is 11.0 Å². The number of nitrogens with zero attached hydrogens (tertiary/aromatic N) is 2. The fourth-order valence-corrected chi connectivity index (χ4v) is 1.49. The van der Waals surface area contributed by atoms with Crippen LogP contribution in [-0.2, 0) is 21.1 Å². The summed E-state index contributed by atoms with van der Waals surface area (Å²) in [6.45, 7) is 2.96. The Morgan fingerprint density at radius 2 is 2.12 bits per heavy atom. The van der Waals surface area contributed by atoms with Crippen LogP contribution in [0.4, 0.5) is 0 Å². The van der Waals surface area contributed by atoms with E-state index < -0.39 is 15.1 Å². The van der Waals surface area contributed by atoms with Crippen LogP contribution in [0.3, 0.4) is 0 Å². The predicted octanol–water partition coefficient (Wildman–Crippen LogP) is 0.697. The first-order chi connectivity index (χ1) is 7.30. The van der Waals surface area contributed by atoms with Gasteiger partial charge in [0.25, 0.3) is 0 Å². The molecule has 1 atom stereocenters. The Bertz CT molecular complexity index is 477. The summed E-state index contributed by atoms with van der Waals surface area (Å²) in [5, 5.41) is 2.79. The number of Topliss-reactive ketones (excluding diaryl/α,β-unsaturated/α-hetero) is 1. The first-order valence-corrected chi connectivity index (χ1v) is 6.77. The lowest BCUT2D eigenvalue weighted by atomic mass is 10.2. The van der Waals surface area contributed by atoms with Crippen LogP contribution in [0, 0.1) is 0 Å². The highest BCUT2D eigenvalue weighted by molar-refractivity contribution is 7.90. The van der Waals surface area contributed by atoms with Crippen LogP contribution in [0.15, 0.2) is 4.52 Å². The van der Waals surface area contributed by atoms with E-state index in [0.29, 0.717) is 18.7 Å². The highest BCUT2D eigenvalue weighted by atomic mass is 32.2. The summed E-state index contributed by atoms with van der Waals surface area (Å²) in [7, 11) is -3.23. The van der Waals surface area contributed by atoms with Crippen molar-refractivity contribution in [3.63, 3.8) is 0 Å². The van der Waals surface area contributed by atoms with Crippen molar-refractivity contribution in [3.05, 3.63) is 11.7 Å². The summed E-state index contributed by atoms with van der Waals surface area (Å²) in [4.78, 5) is 14.7. The Morgan fingerprint density at radius 3 is 2.62 bits per heavy atom. The number of rotatable bonds is 5. The number of carbonyl (C=O) groups is 1. The second-order valence-corrected chi connectivity index (χ2v) is 6.09. The molecule has 90 valence electrons. The van der Waals surface area contributed by atoms with E-state index in [4.69, 9.17) is 4.52 Å². The quantitative estimate of drug-likeness (QED) is 0.759. The van der Waals surface area contributed by atoms with E-state index in [1.165, 1.54) is 13.8 Å². The summed E-state index contributed by atoms with van der Waals surface area (Å²) in [5.74, 6) is 0.456. The standard InChI is InChI=1S/C9H14N2O4S/c1-6(12)4-5-8-10-9(11-15-8)7(2)16(3,13)14/h7H,4-5H2,1-3H3. The molecule has 0 saturated heterocycles. The Morgan fingerprint density at radius 1 is 1.50 bits per heavy atom. The minimum absolute atomic E-state index is 0.0240. The molecule has 0 amide bonds. The van der Waals surface area contributed by atoms with Crippen molar-refractivity contribution in [2.24, 2.45) is 0 Å². The Kier molecular flexibility index (Phi) is 3.79. The molecular weight excluding hydrogens is 232 g/mol. The van der Waals surface area contributed by atoms with Gasteiger partial charge in [0.2, 0.25) is 5.89 Å². The Labute approximate surface area is 94.0 Å². The highest BCUT2D eigenvalue weighted by Gasteiger charge is 2.22. The molecule has 16 heavy (non-hydrogen) atoms. The van der Waals surface area contributed by atoms with Crippen molar-refractivity contribution in [2.75, 3.05) is 6.26 Å². The lowest BCUT2D eigenvalue weighted by Gasteiger charge is -2.01. The van der Waals surface area contributed by atoms with E-state index in [1.54, 1.807) is 0 Å². The average Bonchev–Trinajstić information content (AvgIpc) is 2.60. The third-order valence-corrected chi connectivity index (χ3v) is 3.68. The van der Waals surface area contributed by atoms with Gasteiger partial charge in [-0.1, -0.05) is 5.16 Å². The van der Waals surface area contributed by atoms with Gasteiger partial charge in [0, 0.05) is 19.1 Å². The summed E-state index contributed by atoms with van der Waals surface area (Å²) in [6.07, 6.45) is 1.77. The van der Waals surface area contributed by atoms with Gasteiger partial charge in [0.15, 0.2) is 15.7 Å². The number of aryl methyl sites for hydroxylation is 1. The predicted molar refractivity (Wildman–Crippen MR) is 56.6 cm³/mol. The van der Waals surface area contributed by atoms with Crippen LogP contribution in [0.5, 0.6) is 0 Å². The van der Waals surface area contributed by atoms with Gasteiger partial charge in [-0.3, -0.25) is 0 Å². The monoisotopic (exact) mass is 246 g/mol. The first kappa shape index (κ1) is 12.8. The smallest absolute Gasteiger partial charge is 0.227 e. The van der Waals surface area contributed by atoms with Crippen LogP contribution < -0.4 is 0 Å². The van der Waals surface area contributed by atoms with Crippen molar-refractivity contribution < 1.29 is 17.7 Å². The van der Waals surface area contributed by atoms with E-state index >= 15 is 0 Å². The largest absolute Gasteiger partial charge is 0.339 e. The number of carbonyl (C=O) groups excluding carboxylic acids is 1. The van der Waals surface area contributed by atoms with E-state index in [2.05, 4.69) is 10.1 Å². The Hall–Kier alpha value is -1.24. The number of hydrogen-bond acceptors (Lipinski definition) is 6. The zero-order valence-electron chi connectivity index (χ0n) is 9.43. The average molecular weight is 246 g/mol. The molecule has 0 bridgehead atoms. The maximum Gasteiger partial charge on any atom is 0.227 e. The molecule has 0 spiro atoms. The first-order valence-electron chi connectivity index (χ1n) is 4.81. The summed E-state index contributed by atoms with van der Waals surface area (Å²) < 4.78 is 27.3. The minimum atomic E-state index is -3.23. The van der Waals surface area contributed by atoms with Crippen molar-refractivity contribution in [1.82, 2.24) is 10.1 Å².